The average molecular weight is 350 g/mol. The summed E-state index contributed by atoms with van der Waals surface area (Å²) in [5.74, 6) is 1.60. The number of rotatable bonds is 7. The minimum Gasteiger partial charge on any atom is -0.467 e. The van der Waals surface area contributed by atoms with Gasteiger partial charge in [-0.25, -0.2) is 0 Å². The van der Waals surface area contributed by atoms with Crippen molar-refractivity contribution in [2.75, 3.05) is 17.2 Å². The Bertz CT molecular complexity index is 923. The van der Waals surface area contributed by atoms with E-state index in [4.69, 9.17) is 9.15 Å². The molecule has 132 valence electrons. The zero-order valence-electron chi connectivity index (χ0n) is 14.3. The molecule has 26 heavy (non-hydrogen) atoms. The first-order valence-corrected chi connectivity index (χ1v) is 8.35. The van der Waals surface area contributed by atoms with E-state index in [0.717, 1.165) is 23.6 Å². The van der Waals surface area contributed by atoms with Gasteiger partial charge in [0, 0.05) is 11.9 Å². The highest BCUT2D eigenvalue weighted by Gasteiger charge is 2.11. The first-order valence-electron chi connectivity index (χ1n) is 8.35. The monoisotopic (exact) mass is 350 g/mol. The predicted molar refractivity (Wildman–Crippen MR) is 98.1 cm³/mol. The second-order valence-electron chi connectivity index (χ2n) is 5.64. The SMILES string of the molecule is CCOc1nc(NCc2ccco2)nc(Nc2ccc3c(c2)C=NC3)n1. The third kappa shape index (κ3) is 3.64. The van der Waals surface area contributed by atoms with Crippen LogP contribution < -0.4 is 15.4 Å². The van der Waals surface area contributed by atoms with Crippen molar-refractivity contribution in [3.05, 3.63) is 53.5 Å². The Morgan fingerprint density at radius 2 is 2.08 bits per heavy atom. The van der Waals surface area contributed by atoms with Crippen molar-refractivity contribution >= 4 is 23.8 Å². The van der Waals surface area contributed by atoms with E-state index in [0.29, 0.717) is 25.0 Å². The molecule has 0 atom stereocenters. The van der Waals surface area contributed by atoms with Crippen LogP contribution >= 0.6 is 0 Å². The van der Waals surface area contributed by atoms with E-state index in [-0.39, 0.29) is 6.01 Å². The van der Waals surface area contributed by atoms with Gasteiger partial charge in [-0.1, -0.05) is 6.07 Å². The molecule has 1 aliphatic heterocycles. The van der Waals surface area contributed by atoms with E-state index < -0.39 is 0 Å². The molecule has 0 spiro atoms. The van der Waals surface area contributed by atoms with Crippen LogP contribution in [0, 0.1) is 0 Å². The highest BCUT2D eigenvalue weighted by molar-refractivity contribution is 5.86. The van der Waals surface area contributed by atoms with E-state index in [2.05, 4.69) is 30.6 Å². The molecule has 3 aromatic rings. The first-order chi connectivity index (χ1) is 12.8. The van der Waals surface area contributed by atoms with Gasteiger partial charge in [0.05, 0.1) is 26.0 Å². The number of benzene rings is 1. The molecular weight excluding hydrogens is 332 g/mol. The second-order valence-corrected chi connectivity index (χ2v) is 5.64. The van der Waals surface area contributed by atoms with Gasteiger partial charge < -0.3 is 19.8 Å². The zero-order valence-corrected chi connectivity index (χ0v) is 14.3. The van der Waals surface area contributed by atoms with Gasteiger partial charge in [-0.2, -0.15) is 15.0 Å². The molecule has 0 unspecified atom stereocenters. The third-order valence-corrected chi connectivity index (χ3v) is 3.78. The van der Waals surface area contributed by atoms with Crippen molar-refractivity contribution in [1.82, 2.24) is 15.0 Å². The Kier molecular flexibility index (Phi) is 4.46. The normalized spacial score (nSPS) is 12.0. The van der Waals surface area contributed by atoms with Crippen molar-refractivity contribution < 1.29 is 9.15 Å². The number of anilines is 3. The van der Waals surface area contributed by atoms with Crippen LogP contribution in [0.5, 0.6) is 6.01 Å². The van der Waals surface area contributed by atoms with Gasteiger partial charge in [-0.3, -0.25) is 4.99 Å². The number of furan rings is 1. The molecule has 1 aliphatic rings. The fourth-order valence-electron chi connectivity index (χ4n) is 2.57. The number of fused-ring (bicyclic) bond motifs is 1. The molecule has 1 aromatic carbocycles. The molecule has 0 radical (unpaired) electrons. The van der Waals surface area contributed by atoms with Crippen molar-refractivity contribution in [1.29, 1.82) is 0 Å². The Morgan fingerprint density at radius 3 is 2.92 bits per heavy atom. The summed E-state index contributed by atoms with van der Waals surface area (Å²) in [5.41, 5.74) is 3.19. The minimum absolute atomic E-state index is 0.259. The molecule has 3 heterocycles. The summed E-state index contributed by atoms with van der Waals surface area (Å²) in [6.07, 6.45) is 3.50. The Balaban J connectivity index is 1.54. The smallest absolute Gasteiger partial charge is 0.323 e. The molecule has 0 fully saturated rings. The molecule has 0 amide bonds. The standard InChI is InChI=1S/C18H18N6O2/c1-2-25-18-23-16(20-11-15-4-3-7-26-15)22-17(24-18)21-14-6-5-12-9-19-10-13(12)8-14/h3-8,10H,2,9,11H2,1H3,(H2,20,21,22,23,24). The largest absolute Gasteiger partial charge is 0.467 e. The van der Waals surface area contributed by atoms with Gasteiger partial charge >= 0.3 is 6.01 Å². The van der Waals surface area contributed by atoms with Crippen molar-refractivity contribution in [3.63, 3.8) is 0 Å². The number of nitrogens with one attached hydrogen (secondary N) is 2. The number of hydrogen-bond donors (Lipinski definition) is 2. The molecule has 0 saturated heterocycles. The van der Waals surface area contributed by atoms with Gasteiger partial charge in [-0.05, 0) is 42.3 Å². The first kappa shape index (κ1) is 16.1. The van der Waals surface area contributed by atoms with Crippen LogP contribution in [0.2, 0.25) is 0 Å². The number of aromatic nitrogens is 3. The maximum atomic E-state index is 5.45. The lowest BCUT2D eigenvalue weighted by molar-refractivity contribution is 0.312. The summed E-state index contributed by atoms with van der Waals surface area (Å²) < 4.78 is 10.8. The number of aliphatic imine (C=N–C) groups is 1. The molecule has 8 nitrogen and oxygen atoms in total. The maximum absolute atomic E-state index is 5.45. The van der Waals surface area contributed by atoms with Crippen molar-refractivity contribution in [3.8, 4) is 6.01 Å². The maximum Gasteiger partial charge on any atom is 0.323 e. The van der Waals surface area contributed by atoms with Gasteiger partial charge in [-0.15, -0.1) is 0 Å². The summed E-state index contributed by atoms with van der Waals surface area (Å²) >= 11 is 0. The Morgan fingerprint density at radius 1 is 1.15 bits per heavy atom. The number of hydrogen-bond acceptors (Lipinski definition) is 8. The minimum atomic E-state index is 0.259. The fraction of sp³-hybridized carbons (Fsp3) is 0.222. The zero-order chi connectivity index (χ0) is 17.8. The third-order valence-electron chi connectivity index (χ3n) is 3.78. The Hall–Kier alpha value is -3.42. The van der Waals surface area contributed by atoms with Crippen LogP contribution in [-0.4, -0.2) is 27.8 Å². The molecule has 8 heteroatoms. The molecule has 0 saturated carbocycles. The van der Waals surface area contributed by atoms with Gasteiger partial charge in [0.1, 0.15) is 5.76 Å². The molecular formula is C18H18N6O2. The lowest BCUT2D eigenvalue weighted by Gasteiger charge is -2.10. The van der Waals surface area contributed by atoms with Crippen LogP contribution in [0.4, 0.5) is 17.6 Å². The quantitative estimate of drug-likeness (QED) is 0.675. The summed E-state index contributed by atoms with van der Waals surface area (Å²) in [5, 5.41) is 6.32. The van der Waals surface area contributed by atoms with Crippen molar-refractivity contribution in [2.45, 2.75) is 20.0 Å². The van der Waals surface area contributed by atoms with E-state index in [1.807, 2.05) is 43.5 Å². The van der Waals surface area contributed by atoms with Crippen LogP contribution in [-0.2, 0) is 13.1 Å². The number of nitrogens with zero attached hydrogens (tertiary/aromatic N) is 4. The Labute approximate surface area is 150 Å². The van der Waals surface area contributed by atoms with Crippen LogP contribution in [0.15, 0.2) is 46.0 Å². The van der Waals surface area contributed by atoms with E-state index in [9.17, 15) is 0 Å². The summed E-state index contributed by atoms with van der Waals surface area (Å²) in [6.45, 7) is 3.55. The van der Waals surface area contributed by atoms with Gasteiger partial charge in [0.25, 0.3) is 0 Å². The topological polar surface area (TPSA) is 97.5 Å². The summed E-state index contributed by atoms with van der Waals surface area (Å²) in [7, 11) is 0. The lowest BCUT2D eigenvalue weighted by Crippen LogP contribution is -2.09. The lowest BCUT2D eigenvalue weighted by atomic mass is 10.1. The predicted octanol–water partition coefficient (Wildman–Crippen LogP) is 3.15. The van der Waals surface area contributed by atoms with Crippen molar-refractivity contribution in [2.24, 2.45) is 4.99 Å². The van der Waals surface area contributed by atoms with Gasteiger partial charge in [0.15, 0.2) is 0 Å². The molecule has 0 aliphatic carbocycles. The molecule has 0 bridgehead atoms. The van der Waals surface area contributed by atoms with E-state index >= 15 is 0 Å². The van der Waals surface area contributed by atoms with E-state index in [1.54, 1.807) is 6.26 Å². The molecule has 2 aromatic heterocycles. The summed E-state index contributed by atoms with van der Waals surface area (Å²) in [4.78, 5) is 17.2. The van der Waals surface area contributed by atoms with Gasteiger partial charge in [0.2, 0.25) is 11.9 Å². The molecule has 4 rings (SSSR count). The summed E-state index contributed by atoms with van der Waals surface area (Å²) in [6, 6.07) is 10.0. The second kappa shape index (κ2) is 7.22. The fourth-order valence-corrected chi connectivity index (χ4v) is 2.57. The van der Waals surface area contributed by atoms with Crippen LogP contribution in [0.3, 0.4) is 0 Å². The van der Waals surface area contributed by atoms with Crippen LogP contribution in [0.25, 0.3) is 0 Å². The van der Waals surface area contributed by atoms with E-state index in [1.165, 1.54) is 5.56 Å². The van der Waals surface area contributed by atoms with Crippen LogP contribution in [0.1, 0.15) is 23.8 Å². The number of ether oxygens (including phenoxy) is 1. The average Bonchev–Trinajstić information content (AvgIpc) is 3.31. The highest BCUT2D eigenvalue weighted by Crippen LogP contribution is 2.22. The highest BCUT2D eigenvalue weighted by atomic mass is 16.5. The molecule has 2 N–H and O–H groups in total.